The van der Waals surface area contributed by atoms with Gasteiger partial charge in [-0.2, -0.15) is 5.26 Å². The van der Waals surface area contributed by atoms with E-state index in [1.165, 1.54) is 11.3 Å². The summed E-state index contributed by atoms with van der Waals surface area (Å²) < 4.78 is 1.90. The van der Waals surface area contributed by atoms with Crippen molar-refractivity contribution in [2.24, 2.45) is 0 Å². The standard InChI is InChI=1S/C16H14N4OS/c1-2-11-10-18-15-12(5-3-7-20(11)15)16(21)19-13(9-17)14-6-4-8-22-14/h3-8,10,13H,2H2,1H3,(H,19,21). The maximum absolute atomic E-state index is 12.5. The van der Waals surface area contributed by atoms with Gasteiger partial charge < -0.3 is 9.72 Å². The van der Waals surface area contributed by atoms with Gasteiger partial charge in [0, 0.05) is 23.0 Å². The van der Waals surface area contributed by atoms with Crippen molar-refractivity contribution in [3.05, 3.63) is 58.2 Å². The molecular formula is C16H14N4OS. The molecule has 3 aromatic heterocycles. The monoisotopic (exact) mass is 310 g/mol. The quantitative estimate of drug-likeness (QED) is 0.805. The highest BCUT2D eigenvalue weighted by Crippen LogP contribution is 2.19. The first kappa shape index (κ1) is 14.3. The van der Waals surface area contributed by atoms with Gasteiger partial charge in [-0.05, 0) is 30.0 Å². The van der Waals surface area contributed by atoms with Crippen LogP contribution < -0.4 is 5.32 Å². The fourth-order valence-electron chi connectivity index (χ4n) is 2.33. The van der Waals surface area contributed by atoms with Crippen LogP contribution in [0.4, 0.5) is 0 Å². The van der Waals surface area contributed by atoms with E-state index in [-0.39, 0.29) is 5.91 Å². The predicted molar refractivity (Wildman–Crippen MR) is 84.7 cm³/mol. The first-order valence-corrected chi connectivity index (χ1v) is 7.81. The Kier molecular flexibility index (Phi) is 3.90. The second-order valence-corrected chi connectivity index (χ2v) is 5.75. The van der Waals surface area contributed by atoms with Gasteiger partial charge in [-0.25, -0.2) is 4.98 Å². The summed E-state index contributed by atoms with van der Waals surface area (Å²) in [5.74, 6) is -0.293. The maximum atomic E-state index is 12.5. The third-order valence-electron chi connectivity index (χ3n) is 3.45. The molecule has 110 valence electrons. The van der Waals surface area contributed by atoms with Gasteiger partial charge in [0.25, 0.3) is 5.91 Å². The van der Waals surface area contributed by atoms with Crippen LogP contribution in [-0.4, -0.2) is 15.3 Å². The van der Waals surface area contributed by atoms with Gasteiger partial charge in [-0.1, -0.05) is 13.0 Å². The molecule has 0 aliphatic carbocycles. The van der Waals surface area contributed by atoms with Crippen molar-refractivity contribution in [2.75, 3.05) is 0 Å². The Morgan fingerprint density at radius 2 is 2.36 bits per heavy atom. The van der Waals surface area contributed by atoms with Crippen molar-refractivity contribution >= 4 is 22.9 Å². The molecule has 0 aromatic carbocycles. The zero-order valence-electron chi connectivity index (χ0n) is 12.0. The van der Waals surface area contributed by atoms with Crippen molar-refractivity contribution in [3.8, 4) is 6.07 Å². The lowest BCUT2D eigenvalue weighted by Gasteiger charge is -2.10. The summed E-state index contributed by atoms with van der Waals surface area (Å²) in [6.07, 6.45) is 4.49. The van der Waals surface area contributed by atoms with Gasteiger partial charge in [0.15, 0.2) is 6.04 Å². The molecule has 1 amide bonds. The Balaban J connectivity index is 1.93. The third-order valence-corrected chi connectivity index (χ3v) is 4.39. The lowest BCUT2D eigenvalue weighted by Crippen LogP contribution is -2.27. The SMILES string of the molecule is CCc1cnc2c(C(=O)NC(C#N)c3cccs3)cccn12. The fraction of sp³-hybridized carbons (Fsp3) is 0.188. The normalized spacial score (nSPS) is 12.0. The summed E-state index contributed by atoms with van der Waals surface area (Å²) in [4.78, 5) is 17.7. The molecule has 3 heterocycles. The smallest absolute Gasteiger partial charge is 0.256 e. The molecule has 0 saturated carbocycles. The summed E-state index contributed by atoms with van der Waals surface area (Å²) in [6, 6.07) is 8.71. The molecule has 0 aliphatic heterocycles. The number of rotatable bonds is 4. The molecule has 0 fully saturated rings. The lowest BCUT2D eigenvalue weighted by atomic mass is 10.2. The van der Waals surface area contributed by atoms with Gasteiger partial charge in [-0.15, -0.1) is 11.3 Å². The fourth-order valence-corrected chi connectivity index (χ4v) is 3.05. The van der Waals surface area contributed by atoms with Crippen molar-refractivity contribution in [2.45, 2.75) is 19.4 Å². The Labute approximate surface area is 131 Å². The predicted octanol–water partition coefficient (Wildman–Crippen LogP) is 2.95. The van der Waals surface area contributed by atoms with E-state index in [0.29, 0.717) is 11.2 Å². The molecule has 22 heavy (non-hydrogen) atoms. The second kappa shape index (κ2) is 6.00. The molecule has 3 aromatic rings. The first-order chi connectivity index (χ1) is 10.7. The van der Waals surface area contributed by atoms with Crippen LogP contribution in [0.5, 0.6) is 0 Å². The van der Waals surface area contributed by atoms with Gasteiger partial charge in [0.05, 0.1) is 11.6 Å². The number of nitriles is 1. The van der Waals surface area contributed by atoms with E-state index in [1.807, 2.05) is 41.1 Å². The Bertz CT molecular complexity index is 845. The lowest BCUT2D eigenvalue weighted by molar-refractivity contribution is 0.0947. The van der Waals surface area contributed by atoms with Crippen LogP contribution in [0.25, 0.3) is 5.65 Å². The molecule has 5 nitrogen and oxygen atoms in total. The van der Waals surface area contributed by atoms with Gasteiger partial charge in [0.2, 0.25) is 0 Å². The van der Waals surface area contributed by atoms with E-state index in [1.54, 1.807) is 12.3 Å². The number of carbonyl (C=O) groups excluding carboxylic acids is 1. The second-order valence-electron chi connectivity index (χ2n) is 4.77. The van der Waals surface area contributed by atoms with Crippen LogP contribution in [0.1, 0.15) is 33.9 Å². The van der Waals surface area contributed by atoms with E-state index in [4.69, 9.17) is 0 Å². The maximum Gasteiger partial charge on any atom is 0.256 e. The molecule has 3 rings (SSSR count). The van der Waals surface area contributed by atoms with E-state index in [2.05, 4.69) is 16.4 Å². The largest absolute Gasteiger partial charge is 0.332 e. The Morgan fingerprint density at radius 1 is 1.50 bits per heavy atom. The summed E-state index contributed by atoms with van der Waals surface area (Å²) in [6.45, 7) is 2.04. The average molecular weight is 310 g/mol. The van der Waals surface area contributed by atoms with Crippen LogP contribution in [0.15, 0.2) is 42.0 Å². The number of carbonyl (C=O) groups is 1. The number of aryl methyl sites for hydroxylation is 1. The summed E-state index contributed by atoms with van der Waals surface area (Å²) >= 11 is 1.45. The average Bonchev–Trinajstić information content (AvgIpc) is 3.20. The number of aromatic nitrogens is 2. The minimum atomic E-state index is -0.645. The molecule has 6 heteroatoms. The number of pyridine rings is 1. The van der Waals surface area contributed by atoms with E-state index in [9.17, 15) is 10.1 Å². The minimum absolute atomic E-state index is 0.293. The van der Waals surface area contributed by atoms with Crippen LogP contribution in [0.3, 0.4) is 0 Å². The molecule has 0 spiro atoms. The number of nitrogens with zero attached hydrogens (tertiary/aromatic N) is 3. The van der Waals surface area contributed by atoms with Crippen LogP contribution >= 0.6 is 11.3 Å². The van der Waals surface area contributed by atoms with Gasteiger partial charge in [0.1, 0.15) is 5.65 Å². The highest BCUT2D eigenvalue weighted by atomic mass is 32.1. The highest BCUT2D eigenvalue weighted by Gasteiger charge is 2.19. The van der Waals surface area contributed by atoms with Crippen molar-refractivity contribution in [1.29, 1.82) is 5.26 Å². The molecule has 0 bridgehead atoms. The number of amides is 1. The number of fused-ring (bicyclic) bond motifs is 1. The van der Waals surface area contributed by atoms with Crippen molar-refractivity contribution in [1.82, 2.24) is 14.7 Å². The molecule has 0 aliphatic rings. The van der Waals surface area contributed by atoms with E-state index in [0.717, 1.165) is 17.0 Å². The summed E-state index contributed by atoms with van der Waals surface area (Å²) in [7, 11) is 0. The Hall–Kier alpha value is -2.65. The highest BCUT2D eigenvalue weighted by molar-refractivity contribution is 7.10. The molecule has 1 unspecified atom stereocenters. The molecule has 1 atom stereocenters. The number of thiophene rings is 1. The number of hydrogen-bond donors (Lipinski definition) is 1. The molecule has 1 N–H and O–H groups in total. The zero-order valence-corrected chi connectivity index (χ0v) is 12.8. The zero-order chi connectivity index (χ0) is 15.5. The molecule has 0 radical (unpaired) electrons. The number of imidazole rings is 1. The molecule has 0 saturated heterocycles. The van der Waals surface area contributed by atoms with Gasteiger partial charge >= 0.3 is 0 Å². The number of hydrogen-bond acceptors (Lipinski definition) is 4. The first-order valence-electron chi connectivity index (χ1n) is 6.93. The van der Waals surface area contributed by atoms with E-state index < -0.39 is 6.04 Å². The van der Waals surface area contributed by atoms with Crippen LogP contribution in [-0.2, 0) is 6.42 Å². The number of nitrogens with one attached hydrogen (secondary N) is 1. The van der Waals surface area contributed by atoms with Crippen molar-refractivity contribution < 1.29 is 4.79 Å². The topological polar surface area (TPSA) is 70.2 Å². The minimum Gasteiger partial charge on any atom is -0.332 e. The third kappa shape index (κ3) is 2.47. The van der Waals surface area contributed by atoms with E-state index >= 15 is 0 Å². The Morgan fingerprint density at radius 3 is 3.05 bits per heavy atom. The molecular weight excluding hydrogens is 296 g/mol. The van der Waals surface area contributed by atoms with Crippen LogP contribution in [0.2, 0.25) is 0 Å². The van der Waals surface area contributed by atoms with Crippen molar-refractivity contribution in [3.63, 3.8) is 0 Å². The van der Waals surface area contributed by atoms with Gasteiger partial charge in [-0.3, -0.25) is 4.79 Å². The summed E-state index contributed by atoms with van der Waals surface area (Å²) in [5.41, 5.74) is 2.12. The summed E-state index contributed by atoms with van der Waals surface area (Å²) in [5, 5.41) is 13.9. The van der Waals surface area contributed by atoms with Crippen LogP contribution in [0, 0.1) is 11.3 Å².